The highest BCUT2D eigenvalue weighted by molar-refractivity contribution is 7.89. The Kier molecular flexibility index (Phi) is 8.46. The van der Waals surface area contributed by atoms with Crippen molar-refractivity contribution >= 4 is 62.5 Å². The number of amides is 4. The molecule has 0 aromatic heterocycles. The van der Waals surface area contributed by atoms with Crippen molar-refractivity contribution in [1.29, 1.82) is 0 Å². The molecule has 1 unspecified atom stereocenters. The Labute approximate surface area is 275 Å². The van der Waals surface area contributed by atoms with Crippen molar-refractivity contribution in [2.45, 2.75) is 57.1 Å². The van der Waals surface area contributed by atoms with Gasteiger partial charge in [0.05, 0.1) is 18.0 Å². The zero-order chi connectivity index (χ0) is 33.9. The van der Waals surface area contributed by atoms with Gasteiger partial charge in [-0.2, -0.15) is 0 Å². The van der Waals surface area contributed by atoms with Crippen molar-refractivity contribution in [2.75, 3.05) is 11.2 Å². The Hall–Kier alpha value is -4.00. The molecule has 0 aliphatic carbocycles. The number of carbonyl (C=O) groups excluding carboxylic acids is 4. The number of piperidine rings is 1. The van der Waals surface area contributed by atoms with Gasteiger partial charge in [-0.1, -0.05) is 35.3 Å². The minimum Gasteiger partial charge on any atom is -0.478 e. The lowest BCUT2D eigenvalue weighted by Crippen LogP contribution is -2.59. The summed E-state index contributed by atoms with van der Waals surface area (Å²) in [6.07, 6.45) is 0.515. The van der Waals surface area contributed by atoms with Crippen LogP contribution in [-0.2, 0) is 34.6 Å². The summed E-state index contributed by atoms with van der Waals surface area (Å²) in [5, 5.41) is 3.35. The summed E-state index contributed by atoms with van der Waals surface area (Å²) in [4.78, 5) is 55.6. The van der Waals surface area contributed by atoms with Crippen LogP contribution in [0.1, 0.15) is 61.4 Å². The third-order valence-corrected chi connectivity index (χ3v) is 9.33. The number of sulfonamides is 1. The first-order chi connectivity index (χ1) is 21.4. The normalized spacial score (nSPS) is 21.2. The number of anilines is 1. The van der Waals surface area contributed by atoms with Crippen LogP contribution in [0.2, 0.25) is 10.0 Å². The van der Waals surface area contributed by atoms with Gasteiger partial charge in [-0.3, -0.25) is 19.2 Å². The summed E-state index contributed by atoms with van der Waals surface area (Å²) >= 11 is 12.8. The Bertz CT molecular complexity index is 1930. The molecule has 4 amide bonds. The third-order valence-electron chi connectivity index (χ3n) is 8.31. The van der Waals surface area contributed by atoms with E-state index in [-0.39, 0.29) is 33.5 Å². The topological polar surface area (TPSA) is 139 Å². The molecule has 242 valence electrons. The fourth-order valence-corrected chi connectivity index (χ4v) is 7.29. The van der Waals surface area contributed by atoms with Crippen LogP contribution >= 0.6 is 23.2 Å². The zero-order valence-corrected chi connectivity index (χ0v) is 27.7. The number of aryl methyl sites for hydroxylation is 1. The van der Waals surface area contributed by atoms with Crippen molar-refractivity contribution in [3.8, 4) is 5.75 Å². The van der Waals surface area contributed by atoms with E-state index in [0.29, 0.717) is 16.7 Å². The van der Waals surface area contributed by atoms with E-state index in [1.54, 1.807) is 19.1 Å². The van der Waals surface area contributed by atoms with Gasteiger partial charge >= 0.3 is 0 Å². The number of imide groups is 1. The summed E-state index contributed by atoms with van der Waals surface area (Å²) in [6, 6.07) is 11.8. The number of nitrogens with zero attached hydrogens (tertiary/aromatic N) is 1. The van der Waals surface area contributed by atoms with Gasteiger partial charge in [0.25, 0.3) is 5.91 Å². The molecule has 0 saturated carbocycles. The molecule has 2 N–H and O–H groups in total. The number of rotatable bonds is 6. The molecule has 1 saturated heterocycles. The van der Waals surface area contributed by atoms with E-state index in [1.165, 1.54) is 63.2 Å². The number of benzene rings is 3. The van der Waals surface area contributed by atoms with Gasteiger partial charge in [-0.05, 0) is 79.9 Å². The van der Waals surface area contributed by atoms with Crippen LogP contribution in [0.15, 0.2) is 54.6 Å². The largest absolute Gasteiger partial charge is 0.478 e. The minimum absolute atomic E-state index is 0.0245. The van der Waals surface area contributed by atoms with Crippen LogP contribution in [-0.4, -0.2) is 43.9 Å². The average molecular weight is 691 g/mol. The molecule has 3 atom stereocenters. The fraction of sp³-hybridized carbons (Fsp3) is 0.312. The summed E-state index contributed by atoms with van der Waals surface area (Å²) < 4.78 is 46.6. The van der Waals surface area contributed by atoms with E-state index in [4.69, 9.17) is 27.9 Å². The molecule has 2 aliphatic heterocycles. The first kappa shape index (κ1) is 33.4. The van der Waals surface area contributed by atoms with Crippen molar-refractivity contribution in [3.63, 3.8) is 0 Å². The first-order valence-electron chi connectivity index (χ1n) is 14.1. The first-order valence-corrected chi connectivity index (χ1v) is 16.7. The summed E-state index contributed by atoms with van der Waals surface area (Å²) in [5.41, 5.74) is -1.92. The van der Waals surface area contributed by atoms with Crippen LogP contribution < -0.4 is 19.7 Å². The van der Waals surface area contributed by atoms with Gasteiger partial charge in [-0.25, -0.2) is 22.4 Å². The van der Waals surface area contributed by atoms with Crippen molar-refractivity contribution in [1.82, 2.24) is 10.0 Å². The van der Waals surface area contributed by atoms with E-state index in [0.717, 1.165) is 11.2 Å². The number of hydrogen-bond donors (Lipinski definition) is 2. The quantitative estimate of drug-likeness (QED) is 0.377. The summed E-state index contributed by atoms with van der Waals surface area (Å²) in [5.74, 6) is -4.46. The van der Waals surface area contributed by atoms with Gasteiger partial charge in [0.1, 0.15) is 17.0 Å². The number of halogens is 3. The number of nitrogens with one attached hydrogen (secondary N) is 2. The van der Waals surface area contributed by atoms with Gasteiger partial charge < -0.3 is 10.1 Å². The SMILES string of the molecule is CC(=O)N1C(=O)[C@@]2(c3ccc(Cl)cc31)C(c1cc(F)ccc1C)NC(=O)C[C@@H]2c1cc(Cl)ccc1OC(C)(C)C(=O)NS(C)(=O)=O. The standard InChI is InChI=1S/C32H30Cl2FN3O7S/c1-16-6-9-20(35)14-21(16)28-32(23-10-7-19(34)13-25(23)38(17(2)39)30(32)42)24(15-27(40)36-28)22-12-18(33)8-11-26(22)45-31(3,4)29(41)37-46(5,43)44/h6-14,24,28H,15H2,1-5H3,(H,36,40)(H,37,41)/t24-,28?,32-/m1/s1. The number of ether oxygens (including phenoxy) is 1. The second-order valence-corrected chi connectivity index (χ2v) is 14.6. The maximum atomic E-state index is 14.9. The maximum absolute atomic E-state index is 14.9. The average Bonchev–Trinajstić information content (AvgIpc) is 3.19. The molecule has 5 rings (SSSR count). The molecule has 3 aromatic carbocycles. The fourth-order valence-electron chi connectivity index (χ4n) is 6.36. The second kappa shape index (κ2) is 11.7. The van der Waals surface area contributed by atoms with Crippen molar-refractivity contribution in [3.05, 3.63) is 92.7 Å². The molecular formula is C32H30Cl2FN3O7S. The third kappa shape index (κ3) is 5.73. The van der Waals surface area contributed by atoms with E-state index in [9.17, 15) is 32.0 Å². The minimum atomic E-state index is -3.94. The summed E-state index contributed by atoms with van der Waals surface area (Å²) in [7, 11) is -3.94. The molecule has 10 nitrogen and oxygen atoms in total. The maximum Gasteiger partial charge on any atom is 0.277 e. The van der Waals surface area contributed by atoms with Crippen LogP contribution in [0.5, 0.6) is 5.75 Å². The van der Waals surface area contributed by atoms with Gasteiger partial charge in [0, 0.05) is 34.9 Å². The highest BCUT2D eigenvalue weighted by Crippen LogP contribution is 2.60. The van der Waals surface area contributed by atoms with Crippen molar-refractivity contribution in [2.24, 2.45) is 0 Å². The molecule has 0 bridgehead atoms. The summed E-state index contributed by atoms with van der Waals surface area (Å²) in [6.45, 7) is 5.63. The van der Waals surface area contributed by atoms with Gasteiger partial charge in [0.2, 0.25) is 27.7 Å². The van der Waals surface area contributed by atoms with E-state index in [2.05, 4.69) is 5.32 Å². The Balaban J connectivity index is 1.82. The lowest BCUT2D eigenvalue weighted by atomic mass is 9.58. The smallest absolute Gasteiger partial charge is 0.277 e. The van der Waals surface area contributed by atoms with Crippen LogP contribution in [0.3, 0.4) is 0 Å². The molecule has 1 spiro atoms. The van der Waals surface area contributed by atoms with Gasteiger partial charge in [0.15, 0.2) is 5.60 Å². The molecule has 1 fully saturated rings. The molecule has 2 heterocycles. The Morgan fingerprint density at radius 3 is 2.35 bits per heavy atom. The highest BCUT2D eigenvalue weighted by atomic mass is 35.5. The highest BCUT2D eigenvalue weighted by Gasteiger charge is 2.64. The molecular weight excluding hydrogens is 660 g/mol. The van der Waals surface area contributed by atoms with E-state index in [1.807, 2.05) is 4.72 Å². The number of carbonyl (C=O) groups is 4. The zero-order valence-electron chi connectivity index (χ0n) is 25.4. The Morgan fingerprint density at radius 1 is 1.04 bits per heavy atom. The van der Waals surface area contributed by atoms with Crippen LogP contribution in [0, 0.1) is 12.7 Å². The molecule has 46 heavy (non-hydrogen) atoms. The second-order valence-electron chi connectivity index (χ2n) is 11.9. The van der Waals surface area contributed by atoms with Crippen LogP contribution in [0.25, 0.3) is 0 Å². The van der Waals surface area contributed by atoms with E-state index < -0.39 is 62.4 Å². The number of hydrogen-bond acceptors (Lipinski definition) is 7. The van der Waals surface area contributed by atoms with E-state index >= 15 is 0 Å². The molecule has 14 heteroatoms. The van der Waals surface area contributed by atoms with Gasteiger partial charge in [-0.15, -0.1) is 0 Å². The lowest BCUT2D eigenvalue weighted by molar-refractivity contribution is -0.135. The van der Waals surface area contributed by atoms with Crippen LogP contribution in [0.4, 0.5) is 10.1 Å². The predicted molar refractivity (Wildman–Crippen MR) is 170 cm³/mol. The molecule has 0 radical (unpaired) electrons. The molecule has 3 aromatic rings. The van der Waals surface area contributed by atoms with Crippen molar-refractivity contribution < 1.29 is 36.7 Å². The molecule has 2 aliphatic rings. The Morgan fingerprint density at radius 2 is 1.70 bits per heavy atom. The predicted octanol–water partition coefficient (Wildman–Crippen LogP) is 4.85. The lowest BCUT2D eigenvalue weighted by Gasteiger charge is -2.47. The number of fused-ring (bicyclic) bond motifs is 2. The monoisotopic (exact) mass is 689 g/mol.